The van der Waals surface area contributed by atoms with Crippen molar-refractivity contribution in [3.63, 3.8) is 0 Å². The third kappa shape index (κ3) is 46.4. The first-order valence-corrected chi connectivity index (χ1v) is 5.17. The van der Waals surface area contributed by atoms with Crippen molar-refractivity contribution in [2.75, 3.05) is 14.2 Å². The number of carboxylic acids is 2. The van der Waals surface area contributed by atoms with E-state index >= 15 is 0 Å². The molecular formula is C10H24N2O6. The maximum atomic E-state index is 9.64. The van der Waals surface area contributed by atoms with E-state index in [2.05, 4.69) is 9.47 Å². The number of aliphatic carboxylic acids is 2. The predicted octanol–water partition coefficient (Wildman–Crippen LogP) is -0.189. The summed E-state index contributed by atoms with van der Waals surface area (Å²) < 4.78 is 9.06. The molecule has 0 aliphatic heterocycles. The zero-order chi connectivity index (χ0) is 15.1. The Kier molecular flexibility index (Phi) is 19.3. The molecule has 2 unspecified atom stereocenters. The predicted molar refractivity (Wildman–Crippen MR) is 65.8 cm³/mol. The van der Waals surface area contributed by atoms with Crippen LogP contribution < -0.4 is 11.5 Å². The third-order valence-electron chi connectivity index (χ3n) is 1.30. The second-order valence-corrected chi connectivity index (χ2v) is 3.17. The number of hydrogen-bond acceptors (Lipinski definition) is 6. The first kappa shape index (κ1) is 22.0. The summed E-state index contributed by atoms with van der Waals surface area (Å²) in [5.41, 5.74) is 10.1. The molecule has 0 aromatic rings. The zero-order valence-corrected chi connectivity index (χ0v) is 11.3. The minimum atomic E-state index is -1.08. The molecule has 0 heterocycles. The van der Waals surface area contributed by atoms with Crippen molar-refractivity contribution < 1.29 is 29.3 Å². The van der Waals surface area contributed by atoms with Crippen molar-refractivity contribution in [1.82, 2.24) is 0 Å². The number of nitrogens with two attached hydrogens (primary N) is 2. The van der Waals surface area contributed by atoms with E-state index in [1.165, 1.54) is 0 Å². The average molecular weight is 268 g/mol. The Hall–Kier alpha value is -1.22. The van der Waals surface area contributed by atoms with Gasteiger partial charge in [-0.2, -0.15) is 0 Å². The highest BCUT2D eigenvalue weighted by Crippen LogP contribution is 1.86. The van der Waals surface area contributed by atoms with E-state index in [0.29, 0.717) is 0 Å². The molecule has 0 fully saturated rings. The van der Waals surface area contributed by atoms with E-state index in [4.69, 9.17) is 21.7 Å². The number of carboxylic acid groups (broad SMARTS) is 2. The molecule has 0 spiro atoms. The van der Waals surface area contributed by atoms with Gasteiger partial charge in [-0.05, 0) is 13.8 Å². The average Bonchev–Trinajstić information content (AvgIpc) is 2.27. The van der Waals surface area contributed by atoms with Gasteiger partial charge in [0, 0.05) is 14.2 Å². The van der Waals surface area contributed by atoms with Crippen molar-refractivity contribution in [2.24, 2.45) is 11.5 Å². The van der Waals surface area contributed by atoms with Crippen LogP contribution in [0.4, 0.5) is 0 Å². The number of methoxy groups -OCH3 is 2. The summed E-state index contributed by atoms with van der Waals surface area (Å²) in [6.07, 6.45) is -0.824. The van der Waals surface area contributed by atoms with Gasteiger partial charge in [0.25, 0.3) is 0 Å². The molecule has 110 valence electrons. The second kappa shape index (κ2) is 15.8. The van der Waals surface area contributed by atoms with Gasteiger partial charge < -0.3 is 31.2 Å². The summed E-state index contributed by atoms with van der Waals surface area (Å²) in [5, 5.41) is 15.8. The lowest BCUT2D eigenvalue weighted by atomic mass is 10.3. The molecule has 18 heavy (non-hydrogen) atoms. The van der Waals surface area contributed by atoms with E-state index in [-0.39, 0.29) is 25.3 Å². The molecular weight excluding hydrogens is 244 g/mol. The van der Waals surface area contributed by atoms with E-state index < -0.39 is 11.9 Å². The lowest BCUT2D eigenvalue weighted by Gasteiger charge is -1.95. The van der Waals surface area contributed by atoms with Crippen LogP contribution in [0, 0.1) is 0 Å². The van der Waals surface area contributed by atoms with E-state index in [1.54, 1.807) is 28.1 Å². The van der Waals surface area contributed by atoms with Crippen LogP contribution in [-0.2, 0) is 19.1 Å². The normalized spacial score (nSPS) is 12.1. The van der Waals surface area contributed by atoms with Crippen LogP contribution in [0.2, 0.25) is 0 Å². The van der Waals surface area contributed by atoms with Gasteiger partial charge in [0.15, 0.2) is 0 Å². The van der Waals surface area contributed by atoms with Gasteiger partial charge in [-0.1, -0.05) is 0 Å². The molecule has 0 rings (SSSR count). The van der Waals surface area contributed by atoms with Crippen LogP contribution in [0.3, 0.4) is 0 Å². The van der Waals surface area contributed by atoms with Gasteiger partial charge in [-0.25, -0.2) is 0 Å². The van der Waals surface area contributed by atoms with Crippen LogP contribution in [0.25, 0.3) is 0 Å². The maximum absolute atomic E-state index is 9.64. The number of hydrogen-bond donors (Lipinski definition) is 4. The van der Waals surface area contributed by atoms with Gasteiger partial charge in [0.1, 0.15) is 12.5 Å². The van der Waals surface area contributed by atoms with E-state index in [9.17, 15) is 9.59 Å². The van der Waals surface area contributed by atoms with Crippen molar-refractivity contribution in [3.05, 3.63) is 0 Å². The van der Waals surface area contributed by atoms with Gasteiger partial charge in [0.05, 0.1) is 12.8 Å². The lowest BCUT2D eigenvalue weighted by molar-refractivity contribution is -0.143. The minimum absolute atomic E-state index is 0.116. The van der Waals surface area contributed by atoms with Crippen molar-refractivity contribution in [3.8, 4) is 0 Å². The van der Waals surface area contributed by atoms with Crippen molar-refractivity contribution in [2.45, 2.75) is 39.1 Å². The first-order valence-electron chi connectivity index (χ1n) is 5.17. The second-order valence-electron chi connectivity index (χ2n) is 3.17. The highest BCUT2D eigenvalue weighted by atomic mass is 16.5. The monoisotopic (exact) mass is 268 g/mol. The van der Waals surface area contributed by atoms with E-state index in [1.807, 2.05) is 0 Å². The molecule has 8 heteroatoms. The highest BCUT2D eigenvalue weighted by Gasteiger charge is 2.00. The largest absolute Gasteiger partial charge is 0.481 e. The molecule has 8 nitrogen and oxygen atoms in total. The molecule has 6 N–H and O–H groups in total. The van der Waals surface area contributed by atoms with Crippen LogP contribution >= 0.6 is 0 Å². The maximum Gasteiger partial charge on any atom is 0.303 e. The zero-order valence-electron chi connectivity index (χ0n) is 11.3. The minimum Gasteiger partial charge on any atom is -0.481 e. The van der Waals surface area contributed by atoms with Gasteiger partial charge in [-0.15, -0.1) is 0 Å². The van der Waals surface area contributed by atoms with Crippen LogP contribution in [0.5, 0.6) is 0 Å². The molecule has 0 radical (unpaired) electrons. The van der Waals surface area contributed by atoms with Crippen molar-refractivity contribution in [1.29, 1.82) is 0 Å². The standard InChI is InChI=1S/C4H6O4.2C3H9NO/c5-3(6)1-2-4(7)8;2*1-3(4)5-2/h1-2H2,(H,5,6)(H,7,8);2*3H,4H2,1-2H3. The Bertz CT molecular complexity index is 187. The fourth-order valence-corrected chi connectivity index (χ4v) is 0.214. The fourth-order valence-electron chi connectivity index (χ4n) is 0.214. The smallest absolute Gasteiger partial charge is 0.303 e. The van der Waals surface area contributed by atoms with E-state index in [0.717, 1.165) is 0 Å². The molecule has 0 bridgehead atoms. The van der Waals surface area contributed by atoms with Crippen LogP contribution in [0.1, 0.15) is 26.7 Å². The Labute approximate surface area is 107 Å². The molecule has 0 aliphatic carbocycles. The number of rotatable bonds is 5. The fraction of sp³-hybridized carbons (Fsp3) is 0.800. The summed E-state index contributed by atoms with van der Waals surface area (Å²) in [5.74, 6) is -2.15. The highest BCUT2D eigenvalue weighted by molar-refractivity contribution is 5.75. The SMILES string of the molecule is COC(C)N.COC(C)N.O=C(O)CCC(=O)O. The molecule has 0 amide bonds. The van der Waals surface area contributed by atoms with Crippen molar-refractivity contribution >= 4 is 11.9 Å². The first-order chi connectivity index (χ1) is 8.17. The molecule has 0 saturated heterocycles. The van der Waals surface area contributed by atoms with Gasteiger partial charge in [0.2, 0.25) is 0 Å². The summed E-state index contributed by atoms with van der Waals surface area (Å²) in [7, 11) is 3.15. The van der Waals surface area contributed by atoms with Gasteiger partial charge in [-0.3, -0.25) is 9.59 Å². The molecule has 0 saturated carbocycles. The Morgan fingerprint density at radius 2 is 1.11 bits per heavy atom. The molecule has 0 aliphatic rings. The summed E-state index contributed by atoms with van der Waals surface area (Å²) in [6.45, 7) is 3.56. The Morgan fingerprint density at radius 3 is 1.17 bits per heavy atom. The Balaban J connectivity index is -0.000000197. The van der Waals surface area contributed by atoms with Crippen LogP contribution in [0.15, 0.2) is 0 Å². The third-order valence-corrected chi connectivity index (χ3v) is 1.30. The number of ether oxygens (including phenoxy) is 2. The summed E-state index contributed by atoms with van der Waals surface area (Å²) in [4.78, 5) is 19.3. The molecule has 0 aromatic heterocycles. The summed E-state index contributed by atoms with van der Waals surface area (Å²) >= 11 is 0. The molecule has 2 atom stereocenters. The lowest BCUT2D eigenvalue weighted by Crippen LogP contribution is -2.15. The summed E-state index contributed by atoms with van der Waals surface area (Å²) in [6, 6.07) is 0. The number of carbonyl (C=O) groups is 2. The quantitative estimate of drug-likeness (QED) is 0.502. The molecule has 0 aromatic carbocycles. The Morgan fingerprint density at radius 1 is 0.944 bits per heavy atom. The topological polar surface area (TPSA) is 145 Å². The van der Waals surface area contributed by atoms with Gasteiger partial charge >= 0.3 is 11.9 Å². The van der Waals surface area contributed by atoms with Crippen LogP contribution in [-0.4, -0.2) is 48.8 Å².